The van der Waals surface area contributed by atoms with Gasteiger partial charge >= 0.3 is 5.97 Å². The van der Waals surface area contributed by atoms with Crippen molar-refractivity contribution in [2.24, 2.45) is 16.8 Å². The molecule has 1 heterocycles. The van der Waals surface area contributed by atoms with Crippen LogP contribution in [0.3, 0.4) is 0 Å². The van der Waals surface area contributed by atoms with E-state index in [-0.39, 0.29) is 16.9 Å². The van der Waals surface area contributed by atoms with Crippen LogP contribution in [0.1, 0.15) is 20.3 Å². The highest BCUT2D eigenvalue weighted by Gasteiger charge is 2.42. The van der Waals surface area contributed by atoms with Crippen molar-refractivity contribution in [1.82, 2.24) is 4.90 Å². The first-order chi connectivity index (χ1) is 9.47. The number of thiocarbonyl (C=S) groups is 1. The van der Waals surface area contributed by atoms with Crippen LogP contribution in [0.5, 0.6) is 0 Å². The maximum absolute atomic E-state index is 12.5. The third kappa shape index (κ3) is 2.43. The van der Waals surface area contributed by atoms with E-state index in [0.29, 0.717) is 12.1 Å². The molecule has 2 aliphatic rings. The number of rotatable bonds is 4. The summed E-state index contributed by atoms with van der Waals surface area (Å²) in [6.07, 6.45) is 7.62. The van der Waals surface area contributed by atoms with E-state index in [1.807, 2.05) is 6.92 Å². The topological polar surface area (TPSA) is 70.0 Å². The fraction of sp³-hybridized carbons (Fsp3) is 0.429. The smallest absolute Gasteiger partial charge is 0.327 e. The zero-order valence-electron chi connectivity index (χ0n) is 11.3. The van der Waals surface area contributed by atoms with Gasteiger partial charge in [-0.25, -0.2) is 9.79 Å². The molecule has 0 spiro atoms. The van der Waals surface area contributed by atoms with Gasteiger partial charge in [0.2, 0.25) is 11.0 Å². The Labute approximate surface area is 122 Å². The average molecular weight is 292 g/mol. The van der Waals surface area contributed by atoms with Crippen LogP contribution in [0.2, 0.25) is 0 Å². The van der Waals surface area contributed by atoms with Crippen molar-refractivity contribution in [1.29, 1.82) is 0 Å². The van der Waals surface area contributed by atoms with E-state index in [0.717, 1.165) is 4.90 Å². The van der Waals surface area contributed by atoms with E-state index in [9.17, 15) is 14.7 Å². The Kier molecular flexibility index (Phi) is 4.13. The third-order valence-electron chi connectivity index (χ3n) is 3.65. The highest BCUT2D eigenvalue weighted by atomic mass is 32.1. The normalized spacial score (nSPS) is 24.2. The van der Waals surface area contributed by atoms with E-state index < -0.39 is 17.9 Å². The number of carbonyl (C=O) groups is 2. The Morgan fingerprint density at radius 3 is 2.85 bits per heavy atom. The Morgan fingerprint density at radius 1 is 1.55 bits per heavy atom. The molecule has 0 saturated heterocycles. The molecule has 106 valence electrons. The van der Waals surface area contributed by atoms with Crippen LogP contribution < -0.4 is 0 Å². The molecule has 1 N–H and O–H groups in total. The van der Waals surface area contributed by atoms with Crippen molar-refractivity contribution in [3.63, 3.8) is 0 Å². The molecule has 1 aliphatic carbocycles. The molecule has 3 unspecified atom stereocenters. The van der Waals surface area contributed by atoms with Gasteiger partial charge in [0, 0.05) is 0 Å². The molecule has 20 heavy (non-hydrogen) atoms. The standard InChI is InChI=1S/C14H16N2O3S/c1-3-8(2)11(13(18)19)16-12(17)9-6-4-5-7-10(9)15-14(16)20/h4-9,11H,3H2,1-2H3,(H,18,19). The van der Waals surface area contributed by atoms with Crippen LogP contribution in [0.4, 0.5) is 0 Å². The molecular formula is C14H16N2O3S. The lowest BCUT2D eigenvalue weighted by Gasteiger charge is -2.36. The number of aliphatic carboxylic acids is 1. The number of carboxylic acids is 1. The number of aliphatic imine (C=N–C) groups is 1. The maximum atomic E-state index is 12.5. The van der Waals surface area contributed by atoms with Crippen molar-refractivity contribution in [2.45, 2.75) is 26.3 Å². The van der Waals surface area contributed by atoms with E-state index in [1.165, 1.54) is 0 Å². The zero-order valence-corrected chi connectivity index (χ0v) is 12.1. The molecule has 0 aromatic heterocycles. The summed E-state index contributed by atoms with van der Waals surface area (Å²) in [4.78, 5) is 29.4. The molecule has 0 bridgehead atoms. The summed E-state index contributed by atoms with van der Waals surface area (Å²) in [5, 5.41) is 9.46. The number of amides is 1. The van der Waals surface area contributed by atoms with Gasteiger partial charge < -0.3 is 5.11 Å². The van der Waals surface area contributed by atoms with E-state index in [4.69, 9.17) is 12.2 Å². The Morgan fingerprint density at radius 2 is 2.25 bits per heavy atom. The summed E-state index contributed by atoms with van der Waals surface area (Å²) in [5.41, 5.74) is 0.576. The number of carbonyl (C=O) groups excluding carboxylic acids is 1. The highest BCUT2D eigenvalue weighted by Crippen LogP contribution is 2.25. The van der Waals surface area contributed by atoms with Crippen molar-refractivity contribution in [3.8, 4) is 0 Å². The van der Waals surface area contributed by atoms with Gasteiger partial charge in [-0.2, -0.15) is 0 Å². The summed E-state index contributed by atoms with van der Waals surface area (Å²) in [6, 6.07) is -0.968. The minimum Gasteiger partial charge on any atom is -0.480 e. The molecule has 1 amide bonds. The Hall–Kier alpha value is -1.82. The molecular weight excluding hydrogens is 276 g/mol. The predicted octanol–water partition coefficient (Wildman–Crippen LogP) is 1.80. The second kappa shape index (κ2) is 5.66. The molecule has 0 fully saturated rings. The molecule has 0 aromatic rings. The van der Waals surface area contributed by atoms with Gasteiger partial charge in [0.05, 0.1) is 11.6 Å². The number of carboxylic acid groups (broad SMARTS) is 1. The summed E-state index contributed by atoms with van der Waals surface area (Å²) >= 11 is 5.13. The average Bonchev–Trinajstić information content (AvgIpc) is 2.42. The third-order valence-corrected chi connectivity index (χ3v) is 3.94. The molecule has 0 saturated carbocycles. The molecule has 3 atom stereocenters. The van der Waals surface area contributed by atoms with Crippen LogP contribution in [0.15, 0.2) is 29.3 Å². The predicted molar refractivity (Wildman–Crippen MR) is 79.5 cm³/mol. The lowest BCUT2D eigenvalue weighted by Crippen LogP contribution is -2.55. The van der Waals surface area contributed by atoms with Gasteiger partial charge in [-0.3, -0.25) is 9.69 Å². The minimum atomic E-state index is -1.05. The molecule has 2 rings (SSSR count). The largest absolute Gasteiger partial charge is 0.480 e. The molecule has 1 aliphatic heterocycles. The number of hydrogen-bond donors (Lipinski definition) is 1. The first-order valence-corrected chi connectivity index (χ1v) is 6.91. The molecule has 0 aromatic carbocycles. The van der Waals surface area contributed by atoms with Crippen molar-refractivity contribution >= 4 is 34.9 Å². The minimum absolute atomic E-state index is 0.0360. The number of allylic oxidation sites excluding steroid dienone is 3. The first kappa shape index (κ1) is 14.6. The van der Waals surface area contributed by atoms with Crippen LogP contribution in [0.25, 0.3) is 0 Å². The summed E-state index contributed by atoms with van der Waals surface area (Å²) in [7, 11) is 0. The van der Waals surface area contributed by atoms with Gasteiger partial charge in [-0.05, 0) is 24.2 Å². The second-order valence-corrected chi connectivity index (χ2v) is 5.28. The maximum Gasteiger partial charge on any atom is 0.327 e. The van der Waals surface area contributed by atoms with Gasteiger partial charge in [-0.15, -0.1) is 0 Å². The first-order valence-electron chi connectivity index (χ1n) is 6.50. The molecule has 0 radical (unpaired) electrons. The van der Waals surface area contributed by atoms with Crippen molar-refractivity contribution in [3.05, 3.63) is 24.3 Å². The van der Waals surface area contributed by atoms with Crippen LogP contribution in [0, 0.1) is 11.8 Å². The fourth-order valence-electron chi connectivity index (χ4n) is 2.34. The molecule has 5 nitrogen and oxygen atoms in total. The van der Waals surface area contributed by atoms with Gasteiger partial charge in [0.25, 0.3) is 0 Å². The Balaban J connectivity index is 2.41. The lowest BCUT2D eigenvalue weighted by molar-refractivity contribution is -0.149. The van der Waals surface area contributed by atoms with Crippen LogP contribution in [-0.4, -0.2) is 38.7 Å². The SMILES string of the molecule is CCC(C)C(C(=O)O)N1C(=O)C2C=CC=CC2=NC1=S. The van der Waals surface area contributed by atoms with Gasteiger partial charge in [0.1, 0.15) is 6.04 Å². The van der Waals surface area contributed by atoms with E-state index >= 15 is 0 Å². The quantitative estimate of drug-likeness (QED) is 0.802. The monoisotopic (exact) mass is 292 g/mol. The van der Waals surface area contributed by atoms with Gasteiger partial charge in [-0.1, -0.05) is 38.5 Å². The van der Waals surface area contributed by atoms with E-state index in [2.05, 4.69) is 4.99 Å². The molecule has 6 heteroatoms. The van der Waals surface area contributed by atoms with Crippen molar-refractivity contribution < 1.29 is 14.7 Å². The summed E-state index contributed by atoms with van der Waals surface area (Å²) in [6.45, 7) is 3.68. The van der Waals surface area contributed by atoms with Gasteiger partial charge in [0.15, 0.2) is 0 Å². The number of fused-ring (bicyclic) bond motifs is 1. The van der Waals surface area contributed by atoms with Crippen LogP contribution >= 0.6 is 12.2 Å². The summed E-state index contributed by atoms with van der Waals surface area (Å²) < 4.78 is 0. The lowest BCUT2D eigenvalue weighted by atomic mass is 9.91. The second-order valence-electron chi connectivity index (χ2n) is 4.92. The van der Waals surface area contributed by atoms with Crippen LogP contribution in [-0.2, 0) is 9.59 Å². The highest BCUT2D eigenvalue weighted by molar-refractivity contribution is 7.80. The fourth-order valence-corrected chi connectivity index (χ4v) is 2.65. The van der Waals surface area contributed by atoms with Crippen molar-refractivity contribution in [2.75, 3.05) is 0 Å². The van der Waals surface area contributed by atoms with E-state index in [1.54, 1.807) is 31.2 Å². The number of nitrogens with zero attached hydrogens (tertiary/aromatic N) is 2. The summed E-state index contributed by atoms with van der Waals surface area (Å²) in [5.74, 6) is -2.09. The zero-order chi connectivity index (χ0) is 14.9. The number of hydrogen-bond acceptors (Lipinski definition) is 3. The Bertz CT molecular complexity index is 551.